The topological polar surface area (TPSA) is 47.4 Å². The fraction of sp³-hybridized carbons (Fsp3) is 0.286. The van der Waals surface area contributed by atoms with E-state index in [1.54, 1.807) is 12.3 Å². The van der Waals surface area contributed by atoms with Gasteiger partial charge in [0, 0.05) is 5.38 Å². The predicted octanol–water partition coefficient (Wildman–Crippen LogP) is 0.912. The average Bonchev–Trinajstić information content (AvgIpc) is 2.56. The van der Waals surface area contributed by atoms with Gasteiger partial charge in [0.05, 0.1) is 0 Å². The Morgan fingerprint density at radius 3 is 3.33 bits per heavy atom. The molecule has 0 N–H and O–H groups in total. The highest BCUT2D eigenvalue weighted by Gasteiger charge is 1.99. The maximum absolute atomic E-state index is 4.96. The number of hydrogen-bond donors (Lipinski definition) is 0. The first-order chi connectivity index (χ1) is 5.84. The van der Waals surface area contributed by atoms with Crippen LogP contribution in [0.5, 0.6) is 0 Å². The summed E-state index contributed by atoms with van der Waals surface area (Å²) in [6.07, 6.45) is 4.96. The molecule has 0 aliphatic heterocycles. The van der Waals surface area contributed by atoms with Gasteiger partial charge in [0.25, 0.3) is 0 Å². The number of oxime groups is 1. The van der Waals surface area contributed by atoms with E-state index in [9.17, 15) is 0 Å². The lowest BCUT2D eigenvalue weighted by Gasteiger charge is -1.93. The molecule has 1 heterocycles. The van der Waals surface area contributed by atoms with Crippen molar-refractivity contribution >= 4 is 17.2 Å². The molecule has 0 aromatic carbocycles. The van der Waals surface area contributed by atoms with Crippen LogP contribution in [0.15, 0.2) is 10.5 Å². The van der Waals surface area contributed by atoms with Gasteiger partial charge in [0.2, 0.25) is 0 Å². The molecule has 4 nitrogen and oxygen atoms in total. The standard InChI is InChI=1S/C7H7N3OS/c1-3-4-11-9-6(2)7-5-12-10-8-7/h1,5H,4H2,2H3/b9-6+. The predicted molar refractivity (Wildman–Crippen MR) is 46.9 cm³/mol. The van der Waals surface area contributed by atoms with Crippen LogP contribution >= 0.6 is 11.5 Å². The Balaban J connectivity index is 2.54. The third-order valence-corrected chi connectivity index (χ3v) is 1.58. The quantitative estimate of drug-likeness (QED) is 0.301. The molecule has 0 fully saturated rings. The van der Waals surface area contributed by atoms with E-state index < -0.39 is 0 Å². The highest BCUT2D eigenvalue weighted by Crippen LogP contribution is 1.99. The molecule has 0 bridgehead atoms. The summed E-state index contributed by atoms with van der Waals surface area (Å²) in [5, 5.41) is 9.33. The van der Waals surface area contributed by atoms with E-state index in [0.717, 1.165) is 5.69 Å². The Kier molecular flexibility index (Phi) is 3.23. The molecule has 0 aliphatic carbocycles. The van der Waals surface area contributed by atoms with Crippen LogP contribution in [0.3, 0.4) is 0 Å². The van der Waals surface area contributed by atoms with Crippen molar-refractivity contribution in [1.29, 1.82) is 0 Å². The minimum absolute atomic E-state index is 0.176. The van der Waals surface area contributed by atoms with Gasteiger partial charge in [-0.2, -0.15) is 0 Å². The summed E-state index contributed by atoms with van der Waals surface area (Å²) < 4.78 is 3.69. The fourth-order valence-corrected chi connectivity index (χ4v) is 1.04. The zero-order valence-corrected chi connectivity index (χ0v) is 7.34. The van der Waals surface area contributed by atoms with Gasteiger partial charge >= 0.3 is 0 Å². The Morgan fingerprint density at radius 2 is 2.75 bits per heavy atom. The second-order valence-electron chi connectivity index (χ2n) is 1.94. The van der Waals surface area contributed by atoms with Gasteiger partial charge in [-0.1, -0.05) is 15.6 Å². The van der Waals surface area contributed by atoms with E-state index in [2.05, 4.69) is 20.7 Å². The van der Waals surface area contributed by atoms with Crippen molar-refractivity contribution in [2.75, 3.05) is 6.61 Å². The molecule has 1 aromatic heterocycles. The van der Waals surface area contributed by atoms with Gasteiger partial charge in [-0.15, -0.1) is 11.5 Å². The van der Waals surface area contributed by atoms with E-state index in [1.165, 1.54) is 11.5 Å². The van der Waals surface area contributed by atoms with E-state index in [-0.39, 0.29) is 6.61 Å². The molecule has 1 rings (SSSR count). The largest absolute Gasteiger partial charge is 0.382 e. The van der Waals surface area contributed by atoms with Crippen LogP contribution in [0.1, 0.15) is 12.6 Å². The van der Waals surface area contributed by atoms with Gasteiger partial charge in [0.1, 0.15) is 11.4 Å². The molecular formula is C7H7N3OS. The average molecular weight is 181 g/mol. The Hall–Kier alpha value is -1.41. The van der Waals surface area contributed by atoms with Crippen LogP contribution in [0.4, 0.5) is 0 Å². The minimum Gasteiger partial charge on any atom is -0.382 e. The number of hydrogen-bond acceptors (Lipinski definition) is 5. The van der Waals surface area contributed by atoms with Crippen LogP contribution < -0.4 is 0 Å². The van der Waals surface area contributed by atoms with Crippen molar-refractivity contribution in [3.05, 3.63) is 11.1 Å². The highest BCUT2D eigenvalue weighted by molar-refractivity contribution is 7.03. The van der Waals surface area contributed by atoms with Gasteiger partial charge < -0.3 is 4.84 Å². The van der Waals surface area contributed by atoms with Crippen molar-refractivity contribution < 1.29 is 4.84 Å². The molecule has 0 spiro atoms. The number of terminal acetylenes is 1. The first kappa shape index (κ1) is 8.68. The summed E-state index contributed by atoms with van der Waals surface area (Å²) in [4.78, 5) is 4.76. The van der Waals surface area contributed by atoms with E-state index in [1.807, 2.05) is 0 Å². The molecule has 0 saturated carbocycles. The third-order valence-electron chi connectivity index (χ3n) is 1.08. The first-order valence-electron chi connectivity index (χ1n) is 3.22. The monoisotopic (exact) mass is 181 g/mol. The highest BCUT2D eigenvalue weighted by atomic mass is 32.1. The summed E-state index contributed by atoms with van der Waals surface area (Å²) in [5.74, 6) is 2.31. The lowest BCUT2D eigenvalue weighted by atomic mass is 10.3. The third kappa shape index (κ3) is 2.32. The summed E-state index contributed by atoms with van der Waals surface area (Å²) in [6, 6.07) is 0. The maximum Gasteiger partial charge on any atom is 0.177 e. The number of aromatic nitrogens is 2. The van der Waals surface area contributed by atoms with Crippen molar-refractivity contribution in [1.82, 2.24) is 9.59 Å². The number of rotatable bonds is 3. The summed E-state index contributed by atoms with van der Waals surface area (Å²) >= 11 is 1.27. The van der Waals surface area contributed by atoms with E-state index >= 15 is 0 Å². The SMILES string of the molecule is C#CCO/N=C(\C)c1csnn1. The van der Waals surface area contributed by atoms with Gasteiger partial charge in [-0.3, -0.25) is 0 Å². The van der Waals surface area contributed by atoms with Crippen LogP contribution in [-0.2, 0) is 4.84 Å². The van der Waals surface area contributed by atoms with Gasteiger partial charge in [-0.25, -0.2) is 0 Å². The van der Waals surface area contributed by atoms with Crippen molar-refractivity contribution in [2.24, 2.45) is 5.16 Å². The summed E-state index contributed by atoms with van der Waals surface area (Å²) in [5.41, 5.74) is 1.40. The van der Waals surface area contributed by atoms with Gasteiger partial charge in [0.15, 0.2) is 6.61 Å². The molecular weight excluding hydrogens is 174 g/mol. The minimum atomic E-state index is 0.176. The second kappa shape index (κ2) is 4.46. The van der Waals surface area contributed by atoms with Crippen LogP contribution in [0, 0.1) is 12.3 Å². The van der Waals surface area contributed by atoms with Crippen molar-refractivity contribution in [3.8, 4) is 12.3 Å². The molecule has 0 unspecified atom stereocenters. The molecule has 0 atom stereocenters. The molecule has 0 amide bonds. The maximum atomic E-state index is 4.96. The summed E-state index contributed by atoms with van der Waals surface area (Å²) in [7, 11) is 0. The Morgan fingerprint density at radius 1 is 1.92 bits per heavy atom. The Bertz CT molecular complexity index is 299. The Labute approximate surface area is 74.4 Å². The molecule has 12 heavy (non-hydrogen) atoms. The van der Waals surface area contributed by atoms with Crippen LogP contribution in [0.2, 0.25) is 0 Å². The van der Waals surface area contributed by atoms with E-state index in [0.29, 0.717) is 5.71 Å². The second-order valence-corrected chi connectivity index (χ2v) is 2.55. The van der Waals surface area contributed by atoms with Gasteiger partial charge in [-0.05, 0) is 18.5 Å². The van der Waals surface area contributed by atoms with Crippen LogP contribution in [0.25, 0.3) is 0 Å². The first-order valence-corrected chi connectivity index (χ1v) is 4.05. The molecule has 62 valence electrons. The number of nitrogens with zero attached hydrogens (tertiary/aromatic N) is 3. The normalized spacial score (nSPS) is 10.8. The molecule has 1 aromatic rings. The molecule has 0 saturated heterocycles. The fourth-order valence-electron chi connectivity index (χ4n) is 0.535. The smallest absolute Gasteiger partial charge is 0.177 e. The van der Waals surface area contributed by atoms with Crippen molar-refractivity contribution in [3.63, 3.8) is 0 Å². The van der Waals surface area contributed by atoms with E-state index in [4.69, 9.17) is 11.3 Å². The lowest BCUT2D eigenvalue weighted by Crippen LogP contribution is -1.96. The van der Waals surface area contributed by atoms with Crippen molar-refractivity contribution in [2.45, 2.75) is 6.92 Å². The molecule has 0 radical (unpaired) electrons. The summed E-state index contributed by atoms with van der Waals surface area (Å²) in [6.45, 7) is 1.96. The van der Waals surface area contributed by atoms with Crippen LogP contribution in [-0.4, -0.2) is 21.9 Å². The molecule has 0 aliphatic rings. The zero-order valence-electron chi connectivity index (χ0n) is 6.52. The lowest BCUT2D eigenvalue weighted by molar-refractivity contribution is 0.180. The zero-order chi connectivity index (χ0) is 8.81. The molecule has 5 heteroatoms.